The maximum Gasteiger partial charge on any atom is 0.313 e. The van der Waals surface area contributed by atoms with Crippen LogP contribution < -0.4 is 25.0 Å². The van der Waals surface area contributed by atoms with E-state index in [1.165, 1.54) is 4.57 Å². The van der Waals surface area contributed by atoms with Crippen LogP contribution in [0.4, 0.5) is 0 Å². The van der Waals surface area contributed by atoms with Crippen LogP contribution in [-0.4, -0.2) is 30.4 Å². The van der Waals surface area contributed by atoms with Crippen LogP contribution >= 0.6 is 0 Å². The molecule has 0 amide bonds. The molecule has 0 radical (unpaired) electrons. The topological polar surface area (TPSA) is 62.9 Å². The summed E-state index contributed by atoms with van der Waals surface area (Å²) in [5.74, 6) is 1.83. The van der Waals surface area contributed by atoms with Crippen LogP contribution in [-0.2, 0) is 33.5 Å². The number of imidazole rings is 2. The third kappa shape index (κ3) is 7.06. The molecule has 0 aliphatic carbocycles. The van der Waals surface area contributed by atoms with Gasteiger partial charge in [0.2, 0.25) is 6.33 Å². The molecule has 0 bridgehead atoms. The summed E-state index contributed by atoms with van der Waals surface area (Å²) in [7, 11) is 0. The van der Waals surface area contributed by atoms with Gasteiger partial charge in [0.1, 0.15) is 5.82 Å². The number of benzene rings is 8. The summed E-state index contributed by atoms with van der Waals surface area (Å²) in [6, 6.07) is 68.8. The van der Waals surface area contributed by atoms with Crippen LogP contribution in [0.1, 0.15) is 30.4 Å². The molecule has 4 aromatic heterocycles. The fraction of sp³-hybridized carbons (Fsp3) is 0.0833. The van der Waals surface area contributed by atoms with Gasteiger partial charge in [-0.25, -0.2) is 4.98 Å². The molecule has 0 saturated carbocycles. The molecule has 0 N–H and O–H groups in total. The molecule has 12 aromatic rings. The van der Waals surface area contributed by atoms with Gasteiger partial charge in [0.05, 0.1) is 38.9 Å². The largest absolute Gasteiger partial charge is 0.506 e. The Hall–Kier alpha value is -8.00. The quantitative estimate of drug-likeness (QED) is 0.0906. The van der Waals surface area contributed by atoms with E-state index in [2.05, 4.69) is 151 Å². The van der Waals surface area contributed by atoms with Gasteiger partial charge in [-0.1, -0.05) is 165 Å². The smallest absolute Gasteiger partial charge is 0.313 e. The molecule has 0 saturated heterocycles. The minimum absolute atomic E-state index is 0. The number of aryl methyl sites for hydroxylation is 1. The van der Waals surface area contributed by atoms with Crippen LogP contribution in [0.15, 0.2) is 188 Å². The van der Waals surface area contributed by atoms with Crippen LogP contribution in [0.5, 0.6) is 23.3 Å². The van der Waals surface area contributed by atoms with Crippen molar-refractivity contribution in [3.05, 3.63) is 212 Å². The molecule has 8 aromatic carbocycles. The van der Waals surface area contributed by atoms with Gasteiger partial charge < -0.3 is 27.7 Å². The number of hydrogen-bond acceptors (Lipinski definition) is 4. The van der Waals surface area contributed by atoms with E-state index in [1.807, 2.05) is 79.0 Å². The predicted octanol–water partition coefficient (Wildman–Crippen LogP) is 11.9. The van der Waals surface area contributed by atoms with E-state index in [4.69, 9.17) is 23.6 Å². The van der Waals surface area contributed by atoms with Crippen molar-refractivity contribution in [3.63, 3.8) is 0 Å². The SMILES string of the molecule is [2H]C([2H])([2H])[n+]1[c-]n(-c2[c-]c(Oc3[c-]c4c(cc3)c3ccccc3n4-c3cc(C(C)(C)C)ccn3)c3c(c2)B(c2c(-c4ccccc4)cccc2-c2ccccc2)n2c(nc4ccccc42)O3)c2ccccc21.[Pt]. The second-order valence-electron chi connectivity index (χ2n) is 18.5. The zero-order valence-electron chi connectivity index (χ0n) is 41.3. The fourth-order valence-electron chi connectivity index (χ4n) is 10.0. The number of nitrogens with zero attached hydrogens (tertiary/aromatic N) is 6. The first-order valence-corrected chi connectivity index (χ1v) is 23.0. The first-order valence-electron chi connectivity index (χ1n) is 24.5. The summed E-state index contributed by atoms with van der Waals surface area (Å²) in [6.45, 7) is 3.48. The van der Waals surface area contributed by atoms with Gasteiger partial charge in [-0.2, -0.15) is 17.1 Å². The van der Waals surface area contributed by atoms with Gasteiger partial charge in [-0.05, 0) is 74.4 Å². The van der Waals surface area contributed by atoms with Crippen molar-refractivity contribution < 1.29 is 39.2 Å². The van der Waals surface area contributed by atoms with E-state index >= 15 is 0 Å². The molecule has 0 fully saturated rings. The summed E-state index contributed by atoms with van der Waals surface area (Å²) < 4.78 is 47.2. The predicted molar refractivity (Wildman–Crippen MR) is 276 cm³/mol. The average molecular weight is 1090 g/mol. The van der Waals surface area contributed by atoms with Crippen LogP contribution in [0.2, 0.25) is 0 Å². The minimum Gasteiger partial charge on any atom is -0.506 e. The molecule has 0 spiro atoms. The molecule has 0 atom stereocenters. The van der Waals surface area contributed by atoms with Crippen molar-refractivity contribution in [2.75, 3.05) is 0 Å². The van der Waals surface area contributed by atoms with Crippen LogP contribution in [0.3, 0.4) is 0 Å². The second-order valence-corrected chi connectivity index (χ2v) is 18.5. The Morgan fingerprint density at radius 3 is 2.11 bits per heavy atom. The Labute approximate surface area is 424 Å². The van der Waals surface area contributed by atoms with Crippen molar-refractivity contribution in [3.8, 4) is 57.0 Å². The first-order chi connectivity index (χ1) is 35.0. The molecular formula is C60H43BN6O2Pt-2. The van der Waals surface area contributed by atoms with Gasteiger partial charge in [0.25, 0.3) is 6.01 Å². The van der Waals surface area contributed by atoms with Crippen molar-refractivity contribution in [1.29, 1.82) is 0 Å². The number of para-hydroxylation sites is 5. The zero-order chi connectivity index (χ0) is 48.9. The third-order valence-electron chi connectivity index (χ3n) is 13.3. The molecule has 5 heterocycles. The number of ether oxygens (including phenoxy) is 2. The second kappa shape index (κ2) is 16.9. The number of pyridine rings is 1. The normalized spacial score (nSPS) is 13.1. The van der Waals surface area contributed by atoms with Crippen molar-refractivity contribution in [1.82, 2.24) is 23.6 Å². The summed E-state index contributed by atoms with van der Waals surface area (Å²) >= 11 is 0. The standard InChI is InChI=1S/C60H43BN6O2.Pt/c1-60(2,3)41-32-33-62-56(34-41)66-50-26-13-11-22-46(50)47-31-30-43(37-54(47)66)68-55-36-42(65-38-64(4)52-28-15-16-29-53(52)65)35-48-58(55)69-59-63-49-25-12-14-27-51(49)67(59)61(48)57-44(39-18-7-5-8-19-39)23-17-24-45(57)40-20-9-6-10-21-40;/h5-35H,1-4H3;/q-2;/i4D3;. The Morgan fingerprint density at radius 2 is 1.37 bits per heavy atom. The van der Waals surface area contributed by atoms with Gasteiger partial charge in [-0.15, -0.1) is 29.0 Å². The van der Waals surface area contributed by atoms with E-state index in [0.717, 1.165) is 77.4 Å². The van der Waals surface area contributed by atoms with Crippen molar-refractivity contribution in [2.45, 2.75) is 26.2 Å². The zero-order valence-corrected chi connectivity index (χ0v) is 40.6. The van der Waals surface area contributed by atoms with Crippen molar-refractivity contribution >= 4 is 61.6 Å². The number of aromatic nitrogens is 6. The van der Waals surface area contributed by atoms with Gasteiger partial charge in [0, 0.05) is 44.3 Å². The fourth-order valence-corrected chi connectivity index (χ4v) is 10.0. The number of fused-ring (bicyclic) bond motifs is 8. The third-order valence-corrected chi connectivity index (χ3v) is 13.3. The molecule has 1 aliphatic rings. The van der Waals surface area contributed by atoms with Crippen LogP contribution in [0.25, 0.3) is 77.6 Å². The van der Waals surface area contributed by atoms with E-state index < -0.39 is 13.8 Å². The molecule has 70 heavy (non-hydrogen) atoms. The summed E-state index contributed by atoms with van der Waals surface area (Å²) in [5.41, 5.74) is 11.9. The Bertz CT molecular complexity index is 4050. The molecular weight excluding hydrogens is 1040 g/mol. The van der Waals surface area contributed by atoms with Crippen molar-refractivity contribution in [2.24, 2.45) is 6.98 Å². The monoisotopic (exact) mass is 1090 g/mol. The molecule has 340 valence electrons. The first kappa shape index (κ1) is 39.9. The van der Waals surface area contributed by atoms with E-state index in [-0.39, 0.29) is 32.2 Å². The Morgan fingerprint density at radius 1 is 0.686 bits per heavy atom. The van der Waals surface area contributed by atoms with E-state index in [9.17, 15) is 0 Å². The molecule has 10 heteroatoms. The average Bonchev–Trinajstić information content (AvgIpc) is 4.08. The minimum atomic E-state index is -2.53. The molecule has 1 aliphatic heterocycles. The Kier molecular flexibility index (Phi) is 9.64. The van der Waals surface area contributed by atoms with Gasteiger partial charge in [0.15, 0.2) is 0 Å². The van der Waals surface area contributed by atoms with Crippen LogP contribution in [0, 0.1) is 18.5 Å². The van der Waals surface area contributed by atoms with Gasteiger partial charge >= 0.3 is 6.85 Å². The summed E-state index contributed by atoms with van der Waals surface area (Å²) in [6.07, 6.45) is 5.07. The number of rotatable bonds is 7. The Balaban J connectivity index is 0.00000543. The number of hydrogen-bond donors (Lipinski definition) is 0. The molecule has 8 nitrogen and oxygen atoms in total. The van der Waals surface area contributed by atoms with E-state index in [1.54, 1.807) is 10.6 Å². The molecule has 13 rings (SSSR count). The maximum atomic E-state index is 8.57. The summed E-state index contributed by atoms with van der Waals surface area (Å²) in [4.78, 5) is 10.1. The van der Waals surface area contributed by atoms with E-state index in [0.29, 0.717) is 34.2 Å². The summed E-state index contributed by atoms with van der Waals surface area (Å²) in [5, 5.41) is 2.04. The molecule has 0 unspecified atom stereocenters. The van der Waals surface area contributed by atoms with Gasteiger partial charge in [-0.3, -0.25) is 0 Å². The maximum absolute atomic E-state index is 8.57.